The number of nitriles is 1. The van der Waals surface area contributed by atoms with Gasteiger partial charge in [0, 0.05) is 12.6 Å². The Morgan fingerprint density at radius 2 is 2.11 bits per heavy atom. The summed E-state index contributed by atoms with van der Waals surface area (Å²) in [5.41, 5.74) is 2.00. The molecule has 98 valence electrons. The van der Waals surface area contributed by atoms with Gasteiger partial charge in [0.15, 0.2) is 0 Å². The molecule has 0 aliphatic rings. The van der Waals surface area contributed by atoms with Gasteiger partial charge in [0.05, 0.1) is 11.6 Å². The molecule has 0 radical (unpaired) electrons. The number of benzene rings is 1. The van der Waals surface area contributed by atoms with Crippen LogP contribution >= 0.6 is 0 Å². The van der Waals surface area contributed by atoms with Crippen LogP contribution < -0.4 is 0 Å². The second-order valence-electron chi connectivity index (χ2n) is 4.89. The molecule has 0 aliphatic carbocycles. The molecular formula is C16H24N2. The normalized spacial score (nSPS) is 12.4. The summed E-state index contributed by atoms with van der Waals surface area (Å²) in [5.74, 6) is 0. The zero-order valence-electron chi connectivity index (χ0n) is 11.8. The van der Waals surface area contributed by atoms with E-state index in [0.29, 0.717) is 6.04 Å². The maximum atomic E-state index is 8.93. The van der Waals surface area contributed by atoms with Crippen LogP contribution in [0.4, 0.5) is 0 Å². The Balaban J connectivity index is 2.72. The summed E-state index contributed by atoms with van der Waals surface area (Å²) in [5, 5.41) is 8.93. The highest BCUT2D eigenvalue weighted by Gasteiger charge is 2.12. The van der Waals surface area contributed by atoms with Crippen molar-refractivity contribution in [2.24, 2.45) is 0 Å². The molecule has 1 unspecified atom stereocenters. The van der Waals surface area contributed by atoms with Crippen LogP contribution in [0.1, 0.15) is 51.2 Å². The van der Waals surface area contributed by atoms with Crippen LogP contribution in [0.3, 0.4) is 0 Å². The van der Waals surface area contributed by atoms with Crippen LogP contribution in [-0.2, 0) is 6.54 Å². The van der Waals surface area contributed by atoms with Crippen molar-refractivity contribution in [1.29, 1.82) is 5.26 Å². The summed E-state index contributed by atoms with van der Waals surface area (Å²) in [6, 6.07) is 10.8. The van der Waals surface area contributed by atoms with Crippen molar-refractivity contribution >= 4 is 0 Å². The molecule has 18 heavy (non-hydrogen) atoms. The number of rotatable bonds is 7. The van der Waals surface area contributed by atoms with Crippen molar-refractivity contribution in [3.63, 3.8) is 0 Å². The van der Waals surface area contributed by atoms with Crippen molar-refractivity contribution in [2.45, 2.75) is 52.6 Å². The predicted molar refractivity (Wildman–Crippen MR) is 76.2 cm³/mol. The van der Waals surface area contributed by atoms with Crippen LogP contribution in [0, 0.1) is 11.3 Å². The lowest BCUT2D eigenvalue weighted by Crippen LogP contribution is -2.33. The molecule has 0 amide bonds. The van der Waals surface area contributed by atoms with Crippen molar-refractivity contribution in [3.8, 4) is 6.07 Å². The Labute approximate surface area is 111 Å². The van der Waals surface area contributed by atoms with Gasteiger partial charge in [0.2, 0.25) is 0 Å². The summed E-state index contributed by atoms with van der Waals surface area (Å²) in [6.07, 6.45) is 3.63. The molecule has 0 aliphatic heterocycles. The fourth-order valence-electron chi connectivity index (χ4n) is 2.05. The first-order valence-corrected chi connectivity index (χ1v) is 6.94. The fourth-order valence-corrected chi connectivity index (χ4v) is 2.05. The monoisotopic (exact) mass is 244 g/mol. The third kappa shape index (κ3) is 4.50. The van der Waals surface area contributed by atoms with Crippen LogP contribution in [-0.4, -0.2) is 17.5 Å². The van der Waals surface area contributed by atoms with Gasteiger partial charge in [-0.05, 0) is 44.0 Å². The summed E-state index contributed by atoms with van der Waals surface area (Å²) in [6.45, 7) is 8.83. The van der Waals surface area contributed by atoms with Crippen molar-refractivity contribution in [1.82, 2.24) is 4.90 Å². The Bertz CT molecular complexity index is 392. The van der Waals surface area contributed by atoms with Crippen molar-refractivity contribution in [3.05, 3.63) is 35.4 Å². The Hall–Kier alpha value is -1.33. The minimum absolute atomic E-state index is 0.599. The second kappa shape index (κ2) is 7.89. The van der Waals surface area contributed by atoms with E-state index in [2.05, 4.69) is 37.8 Å². The molecule has 2 nitrogen and oxygen atoms in total. The highest BCUT2D eigenvalue weighted by molar-refractivity contribution is 5.32. The van der Waals surface area contributed by atoms with Crippen LogP contribution in [0.5, 0.6) is 0 Å². The largest absolute Gasteiger partial charge is 0.296 e. The molecule has 1 aromatic carbocycles. The zero-order valence-corrected chi connectivity index (χ0v) is 11.8. The van der Waals surface area contributed by atoms with Gasteiger partial charge in [-0.1, -0.05) is 32.4 Å². The first kappa shape index (κ1) is 14.7. The van der Waals surface area contributed by atoms with Crippen molar-refractivity contribution < 1.29 is 0 Å². The molecule has 0 saturated heterocycles. The molecule has 0 aromatic heterocycles. The summed E-state index contributed by atoms with van der Waals surface area (Å²) < 4.78 is 0. The third-order valence-corrected chi connectivity index (χ3v) is 3.45. The highest BCUT2D eigenvalue weighted by atomic mass is 15.1. The SMILES string of the molecule is CCCCN(Cc1cccc(C#N)c1)C(C)CC. The zero-order chi connectivity index (χ0) is 13.4. The lowest BCUT2D eigenvalue weighted by atomic mass is 10.1. The fraction of sp³-hybridized carbons (Fsp3) is 0.562. The van der Waals surface area contributed by atoms with E-state index in [0.717, 1.165) is 18.7 Å². The van der Waals surface area contributed by atoms with Gasteiger partial charge < -0.3 is 0 Å². The van der Waals surface area contributed by atoms with E-state index >= 15 is 0 Å². The van der Waals surface area contributed by atoms with Gasteiger partial charge in [0.25, 0.3) is 0 Å². The number of nitrogens with zero attached hydrogens (tertiary/aromatic N) is 2. The van der Waals surface area contributed by atoms with Crippen LogP contribution in [0.15, 0.2) is 24.3 Å². The summed E-state index contributed by atoms with van der Waals surface area (Å²) >= 11 is 0. The molecule has 1 atom stereocenters. The Morgan fingerprint density at radius 1 is 1.33 bits per heavy atom. The standard InChI is InChI=1S/C16H24N2/c1-4-6-10-18(14(3)5-2)13-16-9-7-8-15(11-16)12-17/h7-9,11,14H,4-6,10,13H2,1-3H3. The first-order valence-electron chi connectivity index (χ1n) is 6.94. The van der Waals surface area contributed by atoms with Gasteiger partial charge >= 0.3 is 0 Å². The number of unbranched alkanes of at least 4 members (excludes halogenated alkanes) is 1. The summed E-state index contributed by atoms with van der Waals surface area (Å²) in [4.78, 5) is 2.51. The van der Waals surface area contributed by atoms with Crippen LogP contribution in [0.25, 0.3) is 0 Å². The number of hydrogen-bond donors (Lipinski definition) is 0. The van der Waals surface area contributed by atoms with Crippen LogP contribution in [0.2, 0.25) is 0 Å². The van der Waals surface area contributed by atoms with Gasteiger partial charge in [-0.25, -0.2) is 0 Å². The Kier molecular flexibility index (Phi) is 6.46. The van der Waals surface area contributed by atoms with E-state index < -0.39 is 0 Å². The molecule has 0 spiro atoms. The quantitative estimate of drug-likeness (QED) is 0.726. The average molecular weight is 244 g/mol. The van der Waals surface area contributed by atoms with E-state index in [1.807, 2.05) is 18.2 Å². The van der Waals surface area contributed by atoms with Gasteiger partial charge in [-0.2, -0.15) is 5.26 Å². The van der Waals surface area contributed by atoms with E-state index in [4.69, 9.17) is 5.26 Å². The molecule has 1 aromatic rings. The van der Waals surface area contributed by atoms with E-state index in [1.54, 1.807) is 0 Å². The molecule has 0 bridgehead atoms. The summed E-state index contributed by atoms with van der Waals surface area (Å²) in [7, 11) is 0. The lowest BCUT2D eigenvalue weighted by Gasteiger charge is -2.28. The maximum Gasteiger partial charge on any atom is 0.0991 e. The Morgan fingerprint density at radius 3 is 2.72 bits per heavy atom. The maximum absolute atomic E-state index is 8.93. The van der Waals surface area contributed by atoms with Crippen molar-refractivity contribution in [2.75, 3.05) is 6.54 Å². The molecule has 0 heterocycles. The van der Waals surface area contributed by atoms with E-state index in [-0.39, 0.29) is 0 Å². The van der Waals surface area contributed by atoms with E-state index in [9.17, 15) is 0 Å². The average Bonchev–Trinajstić information content (AvgIpc) is 2.42. The molecule has 1 rings (SSSR count). The van der Waals surface area contributed by atoms with E-state index in [1.165, 1.54) is 24.8 Å². The molecule has 2 heteroatoms. The molecule has 0 saturated carbocycles. The number of hydrogen-bond acceptors (Lipinski definition) is 2. The predicted octanol–water partition coefficient (Wildman–Crippen LogP) is 3.96. The molecular weight excluding hydrogens is 220 g/mol. The smallest absolute Gasteiger partial charge is 0.0991 e. The minimum atomic E-state index is 0.599. The lowest BCUT2D eigenvalue weighted by molar-refractivity contribution is 0.192. The minimum Gasteiger partial charge on any atom is -0.296 e. The van der Waals surface area contributed by atoms with Gasteiger partial charge in [-0.3, -0.25) is 4.90 Å². The van der Waals surface area contributed by atoms with Gasteiger partial charge in [0.1, 0.15) is 0 Å². The molecule has 0 fully saturated rings. The highest BCUT2D eigenvalue weighted by Crippen LogP contribution is 2.13. The third-order valence-electron chi connectivity index (χ3n) is 3.45. The van der Waals surface area contributed by atoms with Gasteiger partial charge in [-0.15, -0.1) is 0 Å². The molecule has 0 N–H and O–H groups in total. The first-order chi connectivity index (χ1) is 8.71. The second-order valence-corrected chi connectivity index (χ2v) is 4.89. The topological polar surface area (TPSA) is 27.0 Å².